The molecule has 1 saturated carbocycles. The fourth-order valence-corrected chi connectivity index (χ4v) is 2.84. The molecular formula is C15H24N4. The van der Waals surface area contributed by atoms with Gasteiger partial charge in [-0.15, -0.1) is 0 Å². The highest BCUT2D eigenvalue weighted by atomic mass is 15.3. The first-order valence-corrected chi connectivity index (χ1v) is 7.42. The lowest BCUT2D eigenvalue weighted by Gasteiger charge is -2.36. The second kappa shape index (κ2) is 5.47. The van der Waals surface area contributed by atoms with Gasteiger partial charge in [0.25, 0.3) is 0 Å². The molecule has 0 amide bonds. The molecular weight excluding hydrogens is 236 g/mol. The van der Waals surface area contributed by atoms with E-state index in [1.165, 1.54) is 19.4 Å². The Morgan fingerprint density at radius 1 is 1.32 bits per heavy atom. The Bertz CT molecular complexity index is 420. The summed E-state index contributed by atoms with van der Waals surface area (Å²) in [5.74, 6) is 2.07. The number of hydrogen-bond donors (Lipinski definition) is 1. The predicted molar refractivity (Wildman–Crippen MR) is 78.2 cm³/mol. The maximum atomic E-state index is 6.05. The van der Waals surface area contributed by atoms with Gasteiger partial charge in [0.1, 0.15) is 5.82 Å². The van der Waals surface area contributed by atoms with Crippen LogP contribution >= 0.6 is 0 Å². The molecule has 1 aliphatic carbocycles. The summed E-state index contributed by atoms with van der Waals surface area (Å²) in [4.78, 5) is 9.54. The molecule has 1 aromatic heterocycles. The van der Waals surface area contributed by atoms with Crippen molar-refractivity contribution in [2.24, 2.45) is 11.7 Å². The number of hydrogen-bond acceptors (Lipinski definition) is 4. The number of aromatic nitrogens is 1. The van der Waals surface area contributed by atoms with Crippen molar-refractivity contribution in [3.63, 3.8) is 0 Å². The van der Waals surface area contributed by atoms with Crippen LogP contribution in [0.5, 0.6) is 0 Å². The molecule has 1 aromatic rings. The molecule has 0 unspecified atom stereocenters. The highest BCUT2D eigenvalue weighted by Crippen LogP contribution is 2.30. The van der Waals surface area contributed by atoms with E-state index in [0.717, 1.165) is 43.5 Å². The third-order valence-electron chi connectivity index (χ3n) is 4.19. The molecule has 4 heteroatoms. The summed E-state index contributed by atoms with van der Waals surface area (Å²) in [5, 5.41) is 0. The van der Waals surface area contributed by atoms with Crippen molar-refractivity contribution in [2.45, 2.75) is 25.8 Å². The van der Waals surface area contributed by atoms with E-state index < -0.39 is 0 Å². The van der Waals surface area contributed by atoms with Crippen molar-refractivity contribution < 1.29 is 0 Å². The molecule has 2 fully saturated rings. The first-order chi connectivity index (χ1) is 9.24. The van der Waals surface area contributed by atoms with Gasteiger partial charge in [0.2, 0.25) is 0 Å². The van der Waals surface area contributed by atoms with Gasteiger partial charge in [-0.05, 0) is 31.7 Å². The molecule has 2 heterocycles. The molecule has 2 N–H and O–H groups in total. The van der Waals surface area contributed by atoms with E-state index in [0.29, 0.717) is 0 Å². The number of nitrogens with zero attached hydrogens (tertiary/aromatic N) is 3. The second-order valence-electron chi connectivity index (χ2n) is 5.94. The summed E-state index contributed by atoms with van der Waals surface area (Å²) in [6.07, 6.45) is 4.75. The van der Waals surface area contributed by atoms with Crippen LogP contribution in [-0.2, 0) is 0 Å². The number of anilines is 1. The van der Waals surface area contributed by atoms with E-state index in [2.05, 4.69) is 20.9 Å². The standard InChI is InChI=1S/C15H24N4/c1-12(16)14-3-2-6-17-15(14)19-9-7-18(8-10-19)11-13-4-5-13/h2-3,6,12-13H,4-5,7-11,16H2,1H3/t12-/m1/s1. The topological polar surface area (TPSA) is 45.4 Å². The average molecular weight is 260 g/mol. The van der Waals surface area contributed by atoms with Crippen molar-refractivity contribution in [2.75, 3.05) is 37.6 Å². The van der Waals surface area contributed by atoms with E-state index >= 15 is 0 Å². The van der Waals surface area contributed by atoms with E-state index in [-0.39, 0.29) is 6.04 Å². The van der Waals surface area contributed by atoms with Gasteiger partial charge in [-0.3, -0.25) is 4.90 Å². The summed E-state index contributed by atoms with van der Waals surface area (Å²) < 4.78 is 0. The van der Waals surface area contributed by atoms with Gasteiger partial charge in [0.15, 0.2) is 0 Å². The van der Waals surface area contributed by atoms with Crippen LogP contribution in [0.3, 0.4) is 0 Å². The van der Waals surface area contributed by atoms with Gasteiger partial charge in [0, 0.05) is 50.5 Å². The molecule has 3 rings (SSSR count). The lowest BCUT2D eigenvalue weighted by molar-refractivity contribution is 0.247. The minimum Gasteiger partial charge on any atom is -0.354 e. The smallest absolute Gasteiger partial charge is 0.133 e. The lowest BCUT2D eigenvalue weighted by Crippen LogP contribution is -2.47. The van der Waals surface area contributed by atoms with Gasteiger partial charge in [0.05, 0.1) is 0 Å². The van der Waals surface area contributed by atoms with Crippen LogP contribution in [0.4, 0.5) is 5.82 Å². The Labute approximate surface area is 115 Å². The molecule has 4 nitrogen and oxygen atoms in total. The van der Waals surface area contributed by atoms with Gasteiger partial charge in [-0.2, -0.15) is 0 Å². The van der Waals surface area contributed by atoms with Crippen molar-refractivity contribution in [1.82, 2.24) is 9.88 Å². The largest absolute Gasteiger partial charge is 0.354 e. The maximum Gasteiger partial charge on any atom is 0.133 e. The van der Waals surface area contributed by atoms with Crippen LogP contribution < -0.4 is 10.6 Å². The van der Waals surface area contributed by atoms with Crippen molar-refractivity contribution in [3.05, 3.63) is 23.9 Å². The average Bonchev–Trinajstić information content (AvgIpc) is 3.23. The quantitative estimate of drug-likeness (QED) is 0.894. The fraction of sp³-hybridized carbons (Fsp3) is 0.667. The summed E-state index contributed by atoms with van der Waals surface area (Å²) in [5.41, 5.74) is 7.21. The second-order valence-corrected chi connectivity index (χ2v) is 5.94. The zero-order chi connectivity index (χ0) is 13.2. The lowest BCUT2D eigenvalue weighted by atomic mass is 10.1. The Morgan fingerprint density at radius 2 is 2.05 bits per heavy atom. The van der Waals surface area contributed by atoms with Crippen LogP contribution in [-0.4, -0.2) is 42.6 Å². The minimum absolute atomic E-state index is 0.0493. The van der Waals surface area contributed by atoms with Crippen molar-refractivity contribution >= 4 is 5.82 Å². The van der Waals surface area contributed by atoms with Crippen LogP contribution in [0.15, 0.2) is 18.3 Å². The highest BCUT2D eigenvalue weighted by Gasteiger charge is 2.27. The third-order valence-corrected chi connectivity index (χ3v) is 4.19. The molecule has 19 heavy (non-hydrogen) atoms. The van der Waals surface area contributed by atoms with Crippen LogP contribution in [0.2, 0.25) is 0 Å². The molecule has 0 spiro atoms. The van der Waals surface area contributed by atoms with Crippen molar-refractivity contribution in [1.29, 1.82) is 0 Å². The molecule has 1 aliphatic heterocycles. The van der Waals surface area contributed by atoms with Gasteiger partial charge in [-0.25, -0.2) is 4.98 Å². The molecule has 1 atom stereocenters. The Kier molecular flexibility index (Phi) is 3.71. The predicted octanol–water partition coefficient (Wildman–Crippen LogP) is 1.63. The first kappa shape index (κ1) is 12.9. The summed E-state index contributed by atoms with van der Waals surface area (Å²) in [7, 11) is 0. The number of nitrogens with two attached hydrogens (primary N) is 1. The molecule has 0 bridgehead atoms. The van der Waals surface area contributed by atoms with E-state index in [4.69, 9.17) is 5.73 Å². The Morgan fingerprint density at radius 3 is 2.68 bits per heavy atom. The van der Waals surface area contributed by atoms with Gasteiger partial charge < -0.3 is 10.6 Å². The maximum absolute atomic E-state index is 6.05. The normalized spacial score (nSPS) is 22.5. The van der Waals surface area contributed by atoms with Crippen molar-refractivity contribution in [3.8, 4) is 0 Å². The third kappa shape index (κ3) is 3.07. The summed E-state index contributed by atoms with van der Waals surface area (Å²) in [6, 6.07) is 4.13. The minimum atomic E-state index is 0.0493. The molecule has 0 radical (unpaired) electrons. The SMILES string of the molecule is C[C@@H](N)c1cccnc1N1CCN(CC2CC2)CC1. The first-order valence-electron chi connectivity index (χ1n) is 7.42. The summed E-state index contributed by atoms with van der Waals surface area (Å²) in [6.45, 7) is 7.80. The molecule has 0 aromatic carbocycles. The summed E-state index contributed by atoms with van der Waals surface area (Å²) >= 11 is 0. The van der Waals surface area contributed by atoms with Gasteiger partial charge in [-0.1, -0.05) is 6.07 Å². The van der Waals surface area contributed by atoms with Crippen LogP contribution in [0.1, 0.15) is 31.4 Å². The van der Waals surface area contributed by atoms with E-state index in [1.807, 2.05) is 19.2 Å². The zero-order valence-corrected chi connectivity index (χ0v) is 11.8. The van der Waals surface area contributed by atoms with Gasteiger partial charge >= 0.3 is 0 Å². The number of rotatable bonds is 4. The molecule has 104 valence electrons. The molecule has 2 aliphatic rings. The zero-order valence-electron chi connectivity index (χ0n) is 11.8. The fourth-order valence-electron chi connectivity index (χ4n) is 2.84. The highest BCUT2D eigenvalue weighted by molar-refractivity contribution is 5.48. The van der Waals surface area contributed by atoms with Crippen LogP contribution in [0.25, 0.3) is 0 Å². The number of piperazine rings is 1. The monoisotopic (exact) mass is 260 g/mol. The Balaban J connectivity index is 1.64. The van der Waals surface area contributed by atoms with Crippen LogP contribution in [0, 0.1) is 5.92 Å². The molecule has 1 saturated heterocycles. The Hall–Kier alpha value is -1.13. The number of pyridine rings is 1. The van der Waals surface area contributed by atoms with E-state index in [1.54, 1.807) is 0 Å². The van der Waals surface area contributed by atoms with E-state index in [9.17, 15) is 0 Å².